The van der Waals surface area contributed by atoms with Crippen LogP contribution in [0.5, 0.6) is 0 Å². The number of hydrogen-bond acceptors (Lipinski definition) is 0. The van der Waals surface area contributed by atoms with E-state index < -0.39 is 0 Å². The summed E-state index contributed by atoms with van der Waals surface area (Å²) >= 11 is 0. The van der Waals surface area contributed by atoms with Crippen molar-refractivity contribution in [1.82, 2.24) is 0 Å². The van der Waals surface area contributed by atoms with Gasteiger partial charge in [0.15, 0.2) is 0 Å². The SMILES string of the molecule is c1ccc2cc(-c3cc(-c4ccc5ccccc5c4)cc(-c4c5ccccc5c(-c5ccc(-c6cccc7ccccc67)cc5)c5ccccc45)c3)ccc2c1. The Morgan fingerprint density at radius 2 is 0.554 bits per heavy atom. The third kappa shape index (κ3) is 5.46. The van der Waals surface area contributed by atoms with Gasteiger partial charge >= 0.3 is 0 Å². The summed E-state index contributed by atoms with van der Waals surface area (Å²) < 4.78 is 0. The topological polar surface area (TPSA) is 0 Å². The molecule has 0 radical (unpaired) electrons. The molecule has 0 fully saturated rings. The molecule has 0 heteroatoms. The van der Waals surface area contributed by atoms with E-state index in [2.05, 4.69) is 218 Å². The molecule has 11 aromatic rings. The van der Waals surface area contributed by atoms with Crippen molar-refractivity contribution in [2.24, 2.45) is 0 Å². The molecule has 0 aliphatic rings. The minimum absolute atomic E-state index is 1.21. The molecule has 0 N–H and O–H groups in total. The van der Waals surface area contributed by atoms with E-state index in [1.165, 1.54) is 109 Å². The van der Waals surface area contributed by atoms with Crippen LogP contribution in [0.3, 0.4) is 0 Å². The first-order chi connectivity index (χ1) is 27.7. The van der Waals surface area contributed by atoms with Gasteiger partial charge in [0, 0.05) is 0 Å². The molecule has 0 unspecified atom stereocenters. The summed E-state index contributed by atoms with van der Waals surface area (Å²) in [5.74, 6) is 0. The molecular formula is C56H36. The highest BCUT2D eigenvalue weighted by atomic mass is 14.2. The van der Waals surface area contributed by atoms with Crippen LogP contribution in [0.4, 0.5) is 0 Å². The first-order valence-electron chi connectivity index (χ1n) is 19.4. The molecule has 0 aliphatic heterocycles. The highest BCUT2D eigenvalue weighted by molar-refractivity contribution is 6.21. The molecule has 11 aromatic carbocycles. The van der Waals surface area contributed by atoms with Crippen molar-refractivity contribution < 1.29 is 0 Å². The number of rotatable bonds is 5. The van der Waals surface area contributed by atoms with Gasteiger partial charge < -0.3 is 0 Å². The molecule has 0 spiro atoms. The van der Waals surface area contributed by atoms with Crippen molar-refractivity contribution in [3.63, 3.8) is 0 Å². The van der Waals surface area contributed by atoms with E-state index in [4.69, 9.17) is 0 Å². The van der Waals surface area contributed by atoms with E-state index in [1.54, 1.807) is 0 Å². The summed E-state index contributed by atoms with van der Waals surface area (Å²) in [6.07, 6.45) is 0. The predicted molar refractivity (Wildman–Crippen MR) is 241 cm³/mol. The maximum atomic E-state index is 2.40. The predicted octanol–water partition coefficient (Wildman–Crippen LogP) is 15.8. The zero-order chi connectivity index (χ0) is 37.0. The van der Waals surface area contributed by atoms with E-state index >= 15 is 0 Å². The lowest BCUT2D eigenvalue weighted by Crippen LogP contribution is -1.92. The van der Waals surface area contributed by atoms with Gasteiger partial charge in [-0.15, -0.1) is 0 Å². The minimum Gasteiger partial charge on any atom is -0.0616 e. The standard InChI is InChI=1S/C56H36/c1-3-15-42-32-44(30-24-37(42)12-1)46-34-47(45-31-25-38-13-2-4-16-43(38)33-45)36-48(35-46)56-53-21-9-7-19-51(53)55(52-20-8-10-22-54(52)56)41-28-26-40(27-29-41)50-23-11-17-39-14-5-6-18-49(39)50/h1-36H. The van der Waals surface area contributed by atoms with E-state index in [9.17, 15) is 0 Å². The smallest absolute Gasteiger partial charge is 0.00259 e. The van der Waals surface area contributed by atoms with Gasteiger partial charge in [0.05, 0.1) is 0 Å². The summed E-state index contributed by atoms with van der Waals surface area (Å²) in [6.45, 7) is 0. The Labute approximate surface area is 326 Å². The van der Waals surface area contributed by atoms with Crippen molar-refractivity contribution >= 4 is 53.9 Å². The van der Waals surface area contributed by atoms with Gasteiger partial charge in [0.2, 0.25) is 0 Å². The van der Waals surface area contributed by atoms with Crippen LogP contribution in [0.25, 0.3) is 109 Å². The summed E-state index contributed by atoms with van der Waals surface area (Å²) in [6, 6.07) is 80.5. The second-order valence-corrected chi connectivity index (χ2v) is 14.9. The summed E-state index contributed by atoms with van der Waals surface area (Å²) in [4.78, 5) is 0. The van der Waals surface area contributed by atoms with Crippen molar-refractivity contribution in [3.8, 4) is 55.6 Å². The Hall–Kier alpha value is -7.28. The van der Waals surface area contributed by atoms with Gasteiger partial charge in [-0.2, -0.15) is 0 Å². The fourth-order valence-electron chi connectivity index (χ4n) is 8.89. The normalized spacial score (nSPS) is 11.6. The van der Waals surface area contributed by atoms with E-state index in [0.29, 0.717) is 0 Å². The zero-order valence-electron chi connectivity index (χ0n) is 30.8. The Morgan fingerprint density at radius 3 is 1.09 bits per heavy atom. The number of benzene rings is 11. The summed E-state index contributed by atoms with van der Waals surface area (Å²) in [7, 11) is 0. The maximum absolute atomic E-state index is 2.40. The molecule has 0 amide bonds. The van der Waals surface area contributed by atoms with Crippen LogP contribution in [0, 0.1) is 0 Å². The van der Waals surface area contributed by atoms with Gasteiger partial charge in [0.1, 0.15) is 0 Å². The number of fused-ring (bicyclic) bond motifs is 5. The minimum atomic E-state index is 1.21. The van der Waals surface area contributed by atoms with Gasteiger partial charge in [0.25, 0.3) is 0 Å². The lowest BCUT2D eigenvalue weighted by molar-refractivity contribution is 1.60. The Kier molecular flexibility index (Phi) is 7.60. The molecule has 0 nitrogen and oxygen atoms in total. The van der Waals surface area contributed by atoms with Crippen LogP contribution in [0.1, 0.15) is 0 Å². The lowest BCUT2D eigenvalue weighted by Gasteiger charge is -2.19. The van der Waals surface area contributed by atoms with E-state index in [-0.39, 0.29) is 0 Å². The first kappa shape index (κ1) is 32.2. The van der Waals surface area contributed by atoms with Crippen LogP contribution >= 0.6 is 0 Å². The second kappa shape index (κ2) is 13.2. The van der Waals surface area contributed by atoms with Crippen molar-refractivity contribution in [3.05, 3.63) is 218 Å². The summed E-state index contributed by atoms with van der Waals surface area (Å²) in [5.41, 5.74) is 12.3. The van der Waals surface area contributed by atoms with Crippen LogP contribution in [-0.2, 0) is 0 Å². The second-order valence-electron chi connectivity index (χ2n) is 14.9. The van der Waals surface area contributed by atoms with Crippen molar-refractivity contribution in [1.29, 1.82) is 0 Å². The first-order valence-corrected chi connectivity index (χ1v) is 19.4. The fraction of sp³-hybridized carbons (Fsp3) is 0. The van der Waals surface area contributed by atoms with Gasteiger partial charge in [-0.1, -0.05) is 188 Å². The molecule has 0 heterocycles. The molecule has 0 bridgehead atoms. The molecular weight excluding hydrogens is 673 g/mol. The molecule has 0 saturated heterocycles. The average Bonchev–Trinajstić information content (AvgIpc) is 3.27. The summed E-state index contributed by atoms with van der Waals surface area (Å²) in [5, 5.41) is 12.5. The monoisotopic (exact) mass is 708 g/mol. The molecule has 0 atom stereocenters. The Morgan fingerprint density at radius 1 is 0.179 bits per heavy atom. The van der Waals surface area contributed by atoms with Crippen molar-refractivity contribution in [2.75, 3.05) is 0 Å². The van der Waals surface area contributed by atoms with E-state index in [1.807, 2.05) is 0 Å². The fourth-order valence-corrected chi connectivity index (χ4v) is 8.89. The highest BCUT2D eigenvalue weighted by Crippen LogP contribution is 2.46. The zero-order valence-corrected chi connectivity index (χ0v) is 30.8. The molecule has 11 rings (SSSR count). The average molecular weight is 709 g/mol. The van der Waals surface area contributed by atoms with Gasteiger partial charge in [-0.25, -0.2) is 0 Å². The van der Waals surface area contributed by atoms with Crippen LogP contribution in [0.15, 0.2) is 218 Å². The van der Waals surface area contributed by atoms with Crippen LogP contribution < -0.4 is 0 Å². The van der Waals surface area contributed by atoms with Crippen LogP contribution in [-0.4, -0.2) is 0 Å². The van der Waals surface area contributed by atoms with E-state index in [0.717, 1.165) is 0 Å². The molecule has 260 valence electrons. The Balaban J connectivity index is 1.14. The molecule has 0 aromatic heterocycles. The number of hydrogen-bond donors (Lipinski definition) is 0. The quantitative estimate of drug-likeness (QED) is 0.156. The Bertz CT molecular complexity index is 3130. The molecule has 56 heavy (non-hydrogen) atoms. The maximum Gasteiger partial charge on any atom is -0.00259 e. The third-order valence-electron chi connectivity index (χ3n) is 11.6. The third-order valence-corrected chi connectivity index (χ3v) is 11.6. The molecule has 0 aliphatic carbocycles. The van der Waals surface area contributed by atoms with Crippen LogP contribution in [0.2, 0.25) is 0 Å². The largest absolute Gasteiger partial charge is 0.0616 e. The van der Waals surface area contributed by atoms with Gasteiger partial charge in [-0.05, 0) is 140 Å². The molecule has 0 saturated carbocycles. The van der Waals surface area contributed by atoms with Gasteiger partial charge in [-0.3, -0.25) is 0 Å². The van der Waals surface area contributed by atoms with Crippen molar-refractivity contribution in [2.45, 2.75) is 0 Å². The lowest BCUT2D eigenvalue weighted by atomic mass is 9.84. The highest BCUT2D eigenvalue weighted by Gasteiger charge is 2.18.